The maximum atomic E-state index is 6.43. The minimum atomic E-state index is 0.414. The van der Waals surface area contributed by atoms with Gasteiger partial charge in [-0.05, 0) is 50.4 Å². The minimum Gasteiger partial charge on any atom is -0.378 e. The lowest BCUT2D eigenvalue weighted by Crippen LogP contribution is -2.28. The van der Waals surface area contributed by atoms with E-state index in [1.54, 1.807) is 0 Å². The Morgan fingerprint density at radius 3 is 2.80 bits per heavy atom. The summed E-state index contributed by atoms with van der Waals surface area (Å²) in [6, 6.07) is 0. The van der Waals surface area contributed by atoms with E-state index >= 15 is 0 Å². The van der Waals surface area contributed by atoms with E-state index in [0.717, 1.165) is 12.5 Å². The van der Waals surface area contributed by atoms with Crippen LogP contribution in [0.2, 0.25) is 0 Å². The summed E-state index contributed by atoms with van der Waals surface area (Å²) in [6.07, 6.45) is 9.47. The first-order valence-corrected chi connectivity index (χ1v) is 6.99. The molecule has 15 heavy (non-hydrogen) atoms. The van der Waals surface area contributed by atoms with Gasteiger partial charge in [0.2, 0.25) is 0 Å². The van der Waals surface area contributed by atoms with E-state index in [2.05, 4.69) is 6.92 Å². The molecule has 0 radical (unpaired) electrons. The van der Waals surface area contributed by atoms with Crippen LogP contribution in [-0.2, 0) is 4.74 Å². The summed E-state index contributed by atoms with van der Waals surface area (Å²) >= 11 is 6.43. The van der Waals surface area contributed by atoms with Crippen LogP contribution in [0, 0.1) is 11.8 Å². The van der Waals surface area contributed by atoms with Crippen molar-refractivity contribution < 1.29 is 4.74 Å². The van der Waals surface area contributed by atoms with Crippen molar-refractivity contribution in [3.05, 3.63) is 0 Å². The van der Waals surface area contributed by atoms with E-state index in [4.69, 9.17) is 16.3 Å². The van der Waals surface area contributed by atoms with Crippen LogP contribution in [0.3, 0.4) is 0 Å². The third-order valence-electron chi connectivity index (χ3n) is 4.17. The first-order valence-electron chi connectivity index (χ1n) is 6.55. The molecule has 2 rings (SSSR count). The monoisotopic (exact) mass is 230 g/mol. The molecule has 2 aliphatic rings. The van der Waals surface area contributed by atoms with Gasteiger partial charge < -0.3 is 4.74 Å². The summed E-state index contributed by atoms with van der Waals surface area (Å²) in [7, 11) is 0. The molecule has 4 unspecified atom stereocenters. The van der Waals surface area contributed by atoms with Crippen LogP contribution in [0.5, 0.6) is 0 Å². The Kier molecular flexibility index (Phi) is 4.33. The largest absolute Gasteiger partial charge is 0.378 e. The normalized spacial score (nSPS) is 42.0. The second-order valence-electron chi connectivity index (χ2n) is 5.23. The molecule has 0 aromatic carbocycles. The quantitative estimate of drug-likeness (QED) is 0.667. The van der Waals surface area contributed by atoms with Crippen molar-refractivity contribution in [3.63, 3.8) is 0 Å². The highest BCUT2D eigenvalue weighted by molar-refractivity contribution is 6.20. The third-order valence-corrected chi connectivity index (χ3v) is 4.74. The summed E-state index contributed by atoms with van der Waals surface area (Å²) < 4.78 is 5.71. The zero-order valence-corrected chi connectivity index (χ0v) is 10.5. The smallest absolute Gasteiger partial charge is 0.0579 e. The van der Waals surface area contributed by atoms with Gasteiger partial charge in [-0.2, -0.15) is 0 Å². The Bertz CT molecular complexity index is 189. The van der Waals surface area contributed by atoms with Crippen LogP contribution in [0.15, 0.2) is 0 Å². The van der Waals surface area contributed by atoms with E-state index < -0.39 is 0 Å². The number of ether oxygens (including phenoxy) is 1. The van der Waals surface area contributed by atoms with Crippen molar-refractivity contribution >= 4 is 11.6 Å². The zero-order valence-electron chi connectivity index (χ0n) is 9.75. The number of hydrogen-bond donors (Lipinski definition) is 0. The van der Waals surface area contributed by atoms with E-state index in [1.165, 1.54) is 44.9 Å². The van der Waals surface area contributed by atoms with Gasteiger partial charge in [0.25, 0.3) is 0 Å². The van der Waals surface area contributed by atoms with Gasteiger partial charge in [0.05, 0.1) is 6.10 Å². The van der Waals surface area contributed by atoms with Gasteiger partial charge in [0, 0.05) is 12.0 Å². The topological polar surface area (TPSA) is 9.23 Å². The predicted octanol–water partition coefficient (Wildman–Crippen LogP) is 3.99. The number of rotatable bonds is 3. The van der Waals surface area contributed by atoms with Crippen LogP contribution in [0.4, 0.5) is 0 Å². The molecule has 0 aromatic heterocycles. The van der Waals surface area contributed by atoms with Gasteiger partial charge in [-0.25, -0.2) is 0 Å². The summed E-state index contributed by atoms with van der Waals surface area (Å²) in [5, 5.41) is 0.414. The van der Waals surface area contributed by atoms with Crippen molar-refractivity contribution in [2.24, 2.45) is 11.8 Å². The molecular weight excluding hydrogens is 208 g/mol. The van der Waals surface area contributed by atoms with Crippen molar-refractivity contribution in [3.8, 4) is 0 Å². The van der Waals surface area contributed by atoms with Gasteiger partial charge >= 0.3 is 0 Å². The molecule has 1 heterocycles. The maximum absolute atomic E-state index is 6.43. The van der Waals surface area contributed by atoms with E-state index in [-0.39, 0.29) is 0 Å². The van der Waals surface area contributed by atoms with Crippen molar-refractivity contribution in [1.29, 1.82) is 0 Å². The summed E-state index contributed by atoms with van der Waals surface area (Å²) in [5.74, 6) is 1.64. The lowest BCUT2D eigenvalue weighted by Gasteiger charge is -2.33. The minimum absolute atomic E-state index is 0.414. The average Bonchev–Trinajstić information content (AvgIpc) is 2.74. The van der Waals surface area contributed by atoms with Crippen LogP contribution in [-0.4, -0.2) is 18.1 Å². The van der Waals surface area contributed by atoms with Gasteiger partial charge in [-0.15, -0.1) is 11.6 Å². The summed E-state index contributed by atoms with van der Waals surface area (Å²) in [4.78, 5) is 0. The number of halogens is 1. The van der Waals surface area contributed by atoms with Gasteiger partial charge in [0.15, 0.2) is 0 Å². The lowest BCUT2D eigenvalue weighted by molar-refractivity contribution is 0.0783. The van der Waals surface area contributed by atoms with Crippen LogP contribution in [0.25, 0.3) is 0 Å². The van der Waals surface area contributed by atoms with E-state index in [1.807, 2.05) is 0 Å². The molecule has 0 spiro atoms. The zero-order chi connectivity index (χ0) is 10.7. The second kappa shape index (κ2) is 5.54. The highest BCUT2D eigenvalue weighted by atomic mass is 35.5. The average molecular weight is 231 g/mol. The molecule has 1 saturated heterocycles. The Labute approximate surface area is 98.5 Å². The van der Waals surface area contributed by atoms with Gasteiger partial charge in [-0.1, -0.05) is 13.3 Å². The standard InChI is InChI=1S/C13H23ClO/c1-2-10-5-6-13(14)11(8-10)9-12-4-3-7-15-12/h10-13H,2-9H2,1H3. The van der Waals surface area contributed by atoms with E-state index in [0.29, 0.717) is 17.4 Å². The van der Waals surface area contributed by atoms with Gasteiger partial charge in [0.1, 0.15) is 0 Å². The Hall–Kier alpha value is 0.250. The highest BCUT2D eigenvalue weighted by Crippen LogP contribution is 2.38. The molecule has 0 amide bonds. The molecule has 0 N–H and O–H groups in total. The first kappa shape index (κ1) is 11.7. The lowest BCUT2D eigenvalue weighted by atomic mass is 9.77. The first-order chi connectivity index (χ1) is 7.29. The molecular formula is C13H23ClO. The Balaban J connectivity index is 1.82. The van der Waals surface area contributed by atoms with Crippen LogP contribution >= 0.6 is 11.6 Å². The molecule has 1 aliphatic carbocycles. The second-order valence-corrected chi connectivity index (χ2v) is 5.79. The number of alkyl halides is 1. The molecule has 1 nitrogen and oxygen atoms in total. The molecule has 0 bridgehead atoms. The predicted molar refractivity (Wildman–Crippen MR) is 64.4 cm³/mol. The molecule has 4 atom stereocenters. The molecule has 1 saturated carbocycles. The summed E-state index contributed by atoms with van der Waals surface area (Å²) in [5.41, 5.74) is 0. The fourth-order valence-corrected chi connectivity index (χ4v) is 3.44. The molecule has 2 fully saturated rings. The Morgan fingerprint density at radius 1 is 1.27 bits per heavy atom. The fraction of sp³-hybridized carbons (Fsp3) is 1.00. The SMILES string of the molecule is CCC1CCC(Cl)C(CC2CCCO2)C1. The van der Waals surface area contributed by atoms with Crippen LogP contribution < -0.4 is 0 Å². The maximum Gasteiger partial charge on any atom is 0.0579 e. The fourth-order valence-electron chi connectivity index (χ4n) is 3.11. The van der Waals surface area contributed by atoms with Crippen molar-refractivity contribution in [2.75, 3.05) is 6.61 Å². The van der Waals surface area contributed by atoms with Crippen molar-refractivity contribution in [2.45, 2.75) is 63.4 Å². The molecule has 88 valence electrons. The van der Waals surface area contributed by atoms with Gasteiger partial charge in [-0.3, -0.25) is 0 Å². The molecule has 2 heteroatoms. The summed E-state index contributed by atoms with van der Waals surface area (Å²) in [6.45, 7) is 3.28. The molecule has 0 aromatic rings. The highest BCUT2D eigenvalue weighted by Gasteiger charge is 2.31. The third kappa shape index (κ3) is 3.10. The van der Waals surface area contributed by atoms with Crippen molar-refractivity contribution in [1.82, 2.24) is 0 Å². The molecule has 1 aliphatic heterocycles. The number of hydrogen-bond acceptors (Lipinski definition) is 1. The van der Waals surface area contributed by atoms with E-state index in [9.17, 15) is 0 Å². The Morgan fingerprint density at radius 2 is 2.13 bits per heavy atom. The van der Waals surface area contributed by atoms with Crippen LogP contribution in [0.1, 0.15) is 51.9 Å².